The molecule has 10 rings (SSSR count). The van der Waals surface area contributed by atoms with Crippen molar-refractivity contribution in [3.8, 4) is 0 Å². The molecule has 0 aliphatic heterocycles. The molecule has 0 radical (unpaired) electrons. The molecule has 0 spiro atoms. The summed E-state index contributed by atoms with van der Waals surface area (Å²) in [6.45, 7) is 9.14. The molecule has 0 bridgehead atoms. The predicted molar refractivity (Wildman–Crippen MR) is 248 cm³/mol. The molecule has 0 saturated heterocycles. The van der Waals surface area contributed by atoms with Gasteiger partial charge in [-0.15, -0.1) is 0 Å². The molecule has 4 aromatic heterocycles. The van der Waals surface area contributed by atoms with E-state index in [0.717, 1.165) is 43.8 Å². The van der Waals surface area contributed by atoms with Crippen molar-refractivity contribution in [3.63, 3.8) is 0 Å². The second kappa shape index (κ2) is 16.1. The maximum Gasteiger partial charge on any atom is 0.146 e. The van der Waals surface area contributed by atoms with Crippen molar-refractivity contribution < 1.29 is 0 Å². The summed E-state index contributed by atoms with van der Waals surface area (Å²) in [5.74, 6) is 0. The van der Waals surface area contributed by atoms with E-state index in [1.165, 1.54) is 68.4 Å². The van der Waals surface area contributed by atoms with Crippen molar-refractivity contribution in [2.24, 2.45) is 0 Å². The zero-order chi connectivity index (χ0) is 38.3. The van der Waals surface area contributed by atoms with Gasteiger partial charge in [-0.25, -0.2) is 4.98 Å². The van der Waals surface area contributed by atoms with Crippen molar-refractivity contribution in [1.29, 1.82) is 0 Å². The minimum Gasteiger partial charge on any atom is -0.292 e. The van der Waals surface area contributed by atoms with Crippen LogP contribution in [0.4, 0.5) is 0 Å². The summed E-state index contributed by atoms with van der Waals surface area (Å²) in [6.07, 6.45) is 5.43. The Bertz CT molecular complexity index is 3130. The van der Waals surface area contributed by atoms with Gasteiger partial charge in [0.25, 0.3) is 0 Å². The molecule has 0 N–H and O–H groups in total. The quantitative estimate of drug-likeness (QED) is 0.0980. The standard InChI is InChI=1S/C23H21N2PSe.C19H11ClN2.C4H10PSe/c1-3-14-26(2,27)16-12-13-20-22(15-16)25-21-11-7-6-9-18(21)17-8-4-5-10-19(17)23(25)24-20;20-12-9-10-16-18(11-12)22-17-8-4-3-6-14(17)13-5-1-2-7-15(13)19(22)21-16;1-3-4-5(2)6/h4-13,15H,3,14H2,1-2H3;1-11H;3-4H2,1-2H3/q;;+1. The van der Waals surface area contributed by atoms with Gasteiger partial charge in [0.1, 0.15) is 5.65 Å². The van der Waals surface area contributed by atoms with Crippen LogP contribution in [-0.2, 0) is 0 Å². The van der Waals surface area contributed by atoms with Gasteiger partial charge in [-0.2, -0.15) is 0 Å². The Hall–Kier alpha value is -3.68. The average molecular weight is 906 g/mol. The molecule has 4 heterocycles. The van der Waals surface area contributed by atoms with E-state index in [-0.39, 0.29) is 6.17 Å². The van der Waals surface area contributed by atoms with Gasteiger partial charge in [-0.05, 0) is 29.7 Å². The molecule has 274 valence electrons. The number of rotatable bonds is 5. The van der Waals surface area contributed by atoms with E-state index in [4.69, 9.17) is 21.6 Å². The molecule has 0 aliphatic rings. The first-order valence-electron chi connectivity index (χ1n) is 18.7. The number of hydrogen-bond acceptors (Lipinski definition) is 2. The molecule has 10 aromatic rings. The Labute approximate surface area is 342 Å². The summed E-state index contributed by atoms with van der Waals surface area (Å²) in [7, 11) is 0. The maximum absolute atomic E-state index is 6.20. The number of aromatic nitrogens is 4. The Morgan fingerprint density at radius 1 is 0.582 bits per heavy atom. The third-order valence-electron chi connectivity index (χ3n) is 10.2. The molecule has 2 unspecified atom stereocenters. The zero-order valence-electron chi connectivity index (χ0n) is 31.4. The summed E-state index contributed by atoms with van der Waals surface area (Å²) in [4.78, 5) is 9.87. The summed E-state index contributed by atoms with van der Waals surface area (Å²) in [5.41, 5.74) is 7.46. The number of pyridine rings is 2. The van der Waals surface area contributed by atoms with E-state index < -0.39 is 5.51 Å². The van der Waals surface area contributed by atoms with Gasteiger partial charge in [0.15, 0.2) is 0 Å². The van der Waals surface area contributed by atoms with Crippen LogP contribution in [0.2, 0.25) is 5.02 Å². The van der Waals surface area contributed by atoms with E-state index >= 15 is 0 Å². The van der Waals surface area contributed by atoms with Crippen LogP contribution in [0.5, 0.6) is 0 Å². The van der Waals surface area contributed by atoms with E-state index in [1.54, 1.807) is 0 Å². The van der Waals surface area contributed by atoms with E-state index in [9.17, 15) is 0 Å². The van der Waals surface area contributed by atoms with Crippen LogP contribution in [0.15, 0.2) is 133 Å². The average Bonchev–Trinajstić information content (AvgIpc) is 3.78. The number of fused-ring (bicyclic) bond motifs is 16. The minimum atomic E-state index is -1.23. The van der Waals surface area contributed by atoms with Crippen LogP contribution in [-0.4, -0.2) is 74.6 Å². The van der Waals surface area contributed by atoms with Gasteiger partial charge in [-0.3, -0.25) is 4.40 Å². The number of imidazole rings is 2. The number of hydrogen-bond donors (Lipinski definition) is 0. The van der Waals surface area contributed by atoms with Crippen molar-refractivity contribution in [2.75, 3.05) is 25.7 Å². The van der Waals surface area contributed by atoms with Crippen molar-refractivity contribution in [3.05, 3.63) is 138 Å². The fraction of sp³-hybridized carbons (Fsp3) is 0.174. The Morgan fingerprint density at radius 2 is 1.04 bits per heavy atom. The number of benzene rings is 6. The fourth-order valence-corrected chi connectivity index (χ4v) is 13.5. The molecule has 2 atom stereocenters. The predicted octanol–water partition coefficient (Wildman–Crippen LogP) is 12.6. The Kier molecular flexibility index (Phi) is 11.2. The maximum atomic E-state index is 6.20. The molecule has 4 nitrogen and oxygen atoms in total. The van der Waals surface area contributed by atoms with E-state index in [2.05, 4.69) is 181 Å². The van der Waals surface area contributed by atoms with Gasteiger partial charge in [0, 0.05) is 15.8 Å². The van der Waals surface area contributed by atoms with E-state index in [1.807, 2.05) is 18.2 Å². The molecule has 9 heteroatoms. The van der Waals surface area contributed by atoms with Gasteiger partial charge < -0.3 is 0 Å². The van der Waals surface area contributed by atoms with Crippen molar-refractivity contribution in [2.45, 2.75) is 26.7 Å². The van der Waals surface area contributed by atoms with Crippen LogP contribution < -0.4 is 5.30 Å². The first-order valence-corrected chi connectivity index (χ1v) is 27.9. The van der Waals surface area contributed by atoms with Gasteiger partial charge in [-0.1, -0.05) is 54.1 Å². The van der Waals surface area contributed by atoms with E-state index in [0.29, 0.717) is 0 Å². The topological polar surface area (TPSA) is 34.6 Å². The molecule has 6 aromatic carbocycles. The zero-order valence-corrected chi connectivity index (χ0v) is 37.4. The molecule has 0 fully saturated rings. The van der Waals surface area contributed by atoms with Crippen molar-refractivity contribution in [1.82, 2.24) is 18.8 Å². The van der Waals surface area contributed by atoms with Gasteiger partial charge in [0.2, 0.25) is 0 Å². The second-order valence-corrected chi connectivity index (χ2v) is 28.5. The summed E-state index contributed by atoms with van der Waals surface area (Å²) < 4.78 is 4.56. The summed E-state index contributed by atoms with van der Waals surface area (Å²) >= 11 is 12.8. The number of halogens is 1. The second-order valence-electron chi connectivity index (χ2n) is 14.1. The SMILES string of the molecule is CCCP(C)(=[Se])c1ccc2nc3c4ccccc4c4ccccc4n3c2c1.CCC[P+](C)=[Se].Clc1ccc2nc3c4ccccc4c4ccccc4n3c2c1. The van der Waals surface area contributed by atoms with Gasteiger partial charge in [0.05, 0.1) is 16.6 Å². The smallest absolute Gasteiger partial charge is 0.146 e. The third kappa shape index (κ3) is 7.25. The minimum absolute atomic E-state index is 0.274. The molecular weight excluding hydrogens is 864 g/mol. The van der Waals surface area contributed by atoms with Crippen LogP contribution in [0.3, 0.4) is 0 Å². The summed E-state index contributed by atoms with van der Waals surface area (Å²) in [5, 5.41) is 9.54. The molecule has 55 heavy (non-hydrogen) atoms. The Morgan fingerprint density at radius 3 is 1.51 bits per heavy atom. The molecular formula is C46H42ClN4P2Se2+. The number of nitrogens with zero attached hydrogens (tertiary/aromatic N) is 4. The molecule has 0 amide bonds. The van der Waals surface area contributed by atoms with Crippen molar-refractivity contribution >= 4 is 135 Å². The molecule has 0 aliphatic carbocycles. The fourth-order valence-electron chi connectivity index (χ4n) is 7.74. The number of para-hydroxylation sites is 2. The third-order valence-corrected chi connectivity index (χ3v) is 17.8. The van der Waals surface area contributed by atoms with Crippen LogP contribution >= 0.6 is 23.3 Å². The normalized spacial score (nSPS) is 13.0. The van der Waals surface area contributed by atoms with Crippen LogP contribution in [0.25, 0.3) is 76.7 Å². The summed E-state index contributed by atoms with van der Waals surface area (Å²) in [6, 6.07) is 46.8. The largest absolute Gasteiger partial charge is 0.292 e. The van der Waals surface area contributed by atoms with Gasteiger partial charge >= 0.3 is 214 Å². The Balaban J connectivity index is 0.000000138. The first kappa shape index (κ1) is 38.2. The molecule has 0 saturated carbocycles. The monoisotopic (exact) mass is 907 g/mol. The van der Waals surface area contributed by atoms with Crippen LogP contribution in [0.1, 0.15) is 26.7 Å². The first-order chi connectivity index (χ1) is 26.7. The van der Waals surface area contributed by atoms with Crippen LogP contribution in [0, 0.1) is 0 Å².